The molecule has 46 heavy (non-hydrogen) atoms. The van der Waals surface area contributed by atoms with Gasteiger partial charge < -0.3 is 49.7 Å². The highest BCUT2D eigenvalue weighted by atomic mass is 32.1. The van der Waals surface area contributed by atoms with Crippen LogP contribution in [0.15, 0.2) is 0 Å². The molecule has 0 saturated carbocycles. The van der Waals surface area contributed by atoms with E-state index in [0.717, 1.165) is 0 Å². The maximum absolute atomic E-state index is 13.4. The number of carbonyl (C=O) groups excluding carboxylic acids is 7. The smallest absolute Gasteiger partial charge is 0.303 e. The van der Waals surface area contributed by atoms with Crippen LogP contribution in [0.2, 0.25) is 0 Å². The van der Waals surface area contributed by atoms with Crippen molar-refractivity contribution >= 4 is 59.9 Å². The minimum absolute atomic E-state index is 0.0707. The molecule has 0 aromatic heterocycles. The number of nitrogens with zero attached hydrogens (tertiary/aromatic N) is 1. The van der Waals surface area contributed by atoms with Crippen molar-refractivity contribution in [3.63, 3.8) is 0 Å². The number of nitrogens with two attached hydrogens (primary N) is 5. The Balaban J connectivity index is 3.18. The van der Waals surface area contributed by atoms with Crippen LogP contribution in [-0.2, 0) is 38.4 Å². The maximum atomic E-state index is 13.4. The van der Waals surface area contributed by atoms with Gasteiger partial charge >= 0.3 is 5.97 Å². The molecule has 260 valence electrons. The second kappa shape index (κ2) is 20.4. The lowest BCUT2D eigenvalue weighted by molar-refractivity contribution is -0.141. The van der Waals surface area contributed by atoms with Gasteiger partial charge in [0.05, 0.1) is 18.1 Å². The SMILES string of the molecule is NC(=O)CC[C@H](NC(=O)[C@H](CCC(=O)O)NC(=O)[C@H](CCCNC(N)N)NC(=O)[C@@H]1CCCN1S)C(=O)C(=O)[C@@H](N)CCC(N)=O. The third-order valence-corrected chi connectivity index (χ3v) is 7.56. The van der Waals surface area contributed by atoms with Gasteiger partial charge in [-0.1, -0.05) is 12.8 Å². The molecule has 5 amide bonds. The van der Waals surface area contributed by atoms with Crippen molar-refractivity contribution in [1.29, 1.82) is 0 Å². The number of rotatable bonds is 23. The third-order valence-electron chi connectivity index (χ3n) is 7.08. The van der Waals surface area contributed by atoms with Crippen LogP contribution in [0.3, 0.4) is 0 Å². The molecule has 0 bridgehead atoms. The lowest BCUT2D eigenvalue weighted by Crippen LogP contribution is -2.58. The highest BCUT2D eigenvalue weighted by Crippen LogP contribution is 2.19. The summed E-state index contributed by atoms with van der Waals surface area (Å²) in [5, 5.41) is 19.4. The molecule has 1 saturated heterocycles. The molecule has 1 fully saturated rings. The Hall–Kier alpha value is -3.69. The van der Waals surface area contributed by atoms with E-state index < -0.39 is 109 Å². The Labute approximate surface area is 271 Å². The summed E-state index contributed by atoms with van der Waals surface area (Å²) in [5.41, 5.74) is 26.9. The zero-order valence-corrected chi connectivity index (χ0v) is 26.3. The number of thiol groups is 1. The van der Waals surface area contributed by atoms with Gasteiger partial charge in [0.2, 0.25) is 41.1 Å². The van der Waals surface area contributed by atoms with Crippen LogP contribution in [0.25, 0.3) is 0 Å². The monoisotopic (exact) mass is 674 g/mol. The fourth-order valence-electron chi connectivity index (χ4n) is 4.55. The zero-order chi connectivity index (χ0) is 35.0. The van der Waals surface area contributed by atoms with Crippen LogP contribution in [0.5, 0.6) is 0 Å². The summed E-state index contributed by atoms with van der Waals surface area (Å²) in [4.78, 5) is 99.2. The molecule has 15 N–H and O–H groups in total. The van der Waals surface area contributed by atoms with Crippen LogP contribution in [0, 0.1) is 0 Å². The van der Waals surface area contributed by atoms with Crippen molar-refractivity contribution in [2.45, 2.75) is 101 Å². The summed E-state index contributed by atoms with van der Waals surface area (Å²) in [6.07, 6.45) is -1.63. The number of carbonyl (C=O) groups is 8. The molecule has 1 aliphatic rings. The average molecular weight is 675 g/mol. The second-order valence-electron chi connectivity index (χ2n) is 10.9. The van der Waals surface area contributed by atoms with E-state index in [1.165, 1.54) is 4.31 Å². The van der Waals surface area contributed by atoms with Crippen LogP contribution >= 0.6 is 12.8 Å². The normalized spacial score (nSPS) is 17.4. The molecule has 5 atom stereocenters. The highest BCUT2D eigenvalue weighted by Gasteiger charge is 2.35. The largest absolute Gasteiger partial charge is 0.481 e. The summed E-state index contributed by atoms with van der Waals surface area (Å²) < 4.78 is 1.53. The number of primary amides is 2. The molecule has 1 aliphatic heterocycles. The van der Waals surface area contributed by atoms with E-state index in [2.05, 4.69) is 34.1 Å². The molecule has 0 aromatic carbocycles. The van der Waals surface area contributed by atoms with E-state index in [-0.39, 0.29) is 25.8 Å². The number of aliphatic carboxylic acids is 1. The predicted molar refractivity (Wildman–Crippen MR) is 166 cm³/mol. The van der Waals surface area contributed by atoms with Gasteiger partial charge in [0, 0.05) is 25.8 Å². The quantitative estimate of drug-likeness (QED) is 0.0210. The minimum atomic E-state index is -1.62. The fraction of sp³-hybridized carbons (Fsp3) is 0.692. The van der Waals surface area contributed by atoms with E-state index in [9.17, 15) is 43.5 Å². The van der Waals surface area contributed by atoms with Crippen molar-refractivity contribution in [2.75, 3.05) is 13.1 Å². The lowest BCUT2D eigenvalue weighted by Gasteiger charge is -2.26. The standard InChI is InChI=1S/C26H46N10O9S/c27-13(5-8-18(28)37)21(41)22(42)14(6-9-19(29)38)33-24(44)16(7-10-20(39)40)34-23(43)15(3-1-11-32-26(30)31)35-25(45)17-4-2-12-36(17)46/h13-17,26,32,46H,1-12,27,30-31H2,(H2,28,37)(H2,29,38)(H,33,44)(H,34,43)(H,35,45)(H,39,40)/t13-,14-,15-,16-,17-/m0/s1. The van der Waals surface area contributed by atoms with Crippen LogP contribution < -0.4 is 49.9 Å². The van der Waals surface area contributed by atoms with Gasteiger partial charge in [-0.05, 0) is 51.5 Å². The first-order valence-corrected chi connectivity index (χ1v) is 15.2. The van der Waals surface area contributed by atoms with E-state index >= 15 is 0 Å². The average Bonchev–Trinajstić information content (AvgIpc) is 3.41. The molecule has 0 unspecified atom stereocenters. The van der Waals surface area contributed by atoms with Gasteiger partial charge in [-0.15, -0.1) is 0 Å². The maximum Gasteiger partial charge on any atom is 0.303 e. The number of Topliss-reactive ketones (excluding diaryl/α,β-unsaturated/α-hetero) is 2. The predicted octanol–water partition coefficient (Wildman–Crippen LogP) is -4.82. The first-order chi connectivity index (χ1) is 21.5. The Bertz CT molecular complexity index is 1130. The molecule has 0 aromatic rings. The second-order valence-corrected chi connectivity index (χ2v) is 11.4. The first kappa shape index (κ1) is 40.3. The Morgan fingerprint density at radius 3 is 1.83 bits per heavy atom. The van der Waals surface area contributed by atoms with Gasteiger partial charge in [0.1, 0.15) is 18.4 Å². The number of hydrogen-bond donors (Lipinski definition) is 11. The van der Waals surface area contributed by atoms with E-state index in [1.54, 1.807) is 0 Å². The number of carboxylic acid groups (broad SMARTS) is 1. The molecule has 0 aliphatic carbocycles. The Morgan fingerprint density at radius 2 is 1.30 bits per heavy atom. The molecule has 20 heteroatoms. The summed E-state index contributed by atoms with van der Waals surface area (Å²) >= 11 is 4.28. The lowest BCUT2D eigenvalue weighted by atomic mass is 9.96. The summed E-state index contributed by atoms with van der Waals surface area (Å²) in [7, 11) is 0. The Morgan fingerprint density at radius 1 is 0.761 bits per heavy atom. The molecule has 0 spiro atoms. The van der Waals surface area contributed by atoms with Gasteiger partial charge in [0.25, 0.3) is 0 Å². The van der Waals surface area contributed by atoms with Crippen molar-refractivity contribution in [2.24, 2.45) is 28.7 Å². The van der Waals surface area contributed by atoms with Gasteiger partial charge in [-0.3, -0.25) is 43.7 Å². The van der Waals surface area contributed by atoms with Crippen molar-refractivity contribution in [3.8, 4) is 0 Å². The van der Waals surface area contributed by atoms with Gasteiger partial charge in [-0.25, -0.2) is 4.31 Å². The number of nitrogens with one attached hydrogen (secondary N) is 4. The summed E-state index contributed by atoms with van der Waals surface area (Å²) in [6.45, 7) is 0.837. The number of carboxylic acids is 1. The minimum Gasteiger partial charge on any atom is -0.481 e. The molecule has 19 nitrogen and oxygen atoms in total. The first-order valence-electron chi connectivity index (χ1n) is 14.8. The van der Waals surface area contributed by atoms with E-state index in [4.69, 9.17) is 28.7 Å². The van der Waals surface area contributed by atoms with Crippen molar-refractivity contribution in [3.05, 3.63) is 0 Å². The molecule has 0 radical (unpaired) electrons. The van der Waals surface area contributed by atoms with Gasteiger partial charge in [-0.2, -0.15) is 0 Å². The van der Waals surface area contributed by atoms with E-state index in [0.29, 0.717) is 25.8 Å². The third kappa shape index (κ3) is 15.1. The van der Waals surface area contributed by atoms with Crippen molar-refractivity contribution < 1.29 is 43.5 Å². The van der Waals surface area contributed by atoms with Crippen LogP contribution in [0.4, 0.5) is 0 Å². The number of hydrogen-bond acceptors (Lipinski definition) is 14. The van der Waals surface area contributed by atoms with Gasteiger partial charge in [0.15, 0.2) is 0 Å². The summed E-state index contributed by atoms with van der Waals surface area (Å²) in [6, 6.07) is -6.39. The number of ketones is 2. The highest BCUT2D eigenvalue weighted by molar-refractivity contribution is 7.77. The molecular formula is C26H46N10O9S. The van der Waals surface area contributed by atoms with Crippen LogP contribution in [-0.4, -0.2) is 106 Å². The zero-order valence-electron chi connectivity index (χ0n) is 25.4. The Kier molecular flexibility index (Phi) is 17.9. The van der Waals surface area contributed by atoms with E-state index in [1.807, 2.05) is 0 Å². The van der Waals surface area contributed by atoms with Crippen molar-refractivity contribution in [1.82, 2.24) is 25.6 Å². The molecular weight excluding hydrogens is 628 g/mol. The fourth-order valence-corrected chi connectivity index (χ4v) is 4.91. The van der Waals surface area contributed by atoms with Crippen LogP contribution in [0.1, 0.15) is 64.2 Å². The summed E-state index contributed by atoms with van der Waals surface area (Å²) in [5.74, 6) is -7.61. The number of amides is 5. The molecule has 1 rings (SSSR count). The molecule has 1 heterocycles. The topological polar surface area (TPSA) is 338 Å².